The van der Waals surface area contributed by atoms with Crippen LogP contribution in [0.4, 0.5) is 4.79 Å². The molecule has 1 radical (unpaired) electrons. The molecule has 0 fully saturated rings. The number of carboxylic acid groups (broad SMARTS) is 1. The summed E-state index contributed by atoms with van der Waals surface area (Å²) in [6, 6.07) is 14.7. The molecular formula is C20H20NO5. The third-order valence-electron chi connectivity index (χ3n) is 3.78. The molecule has 2 N–H and O–H groups in total. The predicted octanol–water partition coefficient (Wildman–Crippen LogP) is 3.21. The van der Waals surface area contributed by atoms with Gasteiger partial charge in [0.25, 0.3) is 0 Å². The summed E-state index contributed by atoms with van der Waals surface area (Å²) in [4.78, 5) is 35.4. The molecule has 1 atom stereocenters. The van der Waals surface area contributed by atoms with E-state index in [9.17, 15) is 19.5 Å². The summed E-state index contributed by atoms with van der Waals surface area (Å²) in [5.74, 6) is -1.45. The number of benzene rings is 2. The fourth-order valence-electron chi connectivity index (χ4n) is 2.37. The van der Waals surface area contributed by atoms with E-state index in [0.717, 1.165) is 5.56 Å². The maximum Gasteiger partial charge on any atom is 0.408 e. The number of hydrogen-bond donors (Lipinski definition) is 2. The van der Waals surface area contributed by atoms with Crippen molar-refractivity contribution in [2.75, 3.05) is 0 Å². The lowest BCUT2D eigenvalue weighted by molar-refractivity contribution is -0.139. The smallest absolute Gasteiger partial charge is 0.408 e. The number of Topliss-reactive ketones (excluding diaryl/α,β-unsaturated/α-hetero) is 1. The molecule has 0 saturated heterocycles. The van der Waals surface area contributed by atoms with Crippen molar-refractivity contribution in [2.24, 2.45) is 0 Å². The van der Waals surface area contributed by atoms with Crippen molar-refractivity contribution < 1.29 is 24.2 Å². The molecule has 0 aliphatic carbocycles. The highest BCUT2D eigenvalue weighted by Gasteiger charge is 2.22. The van der Waals surface area contributed by atoms with Gasteiger partial charge in [-0.2, -0.15) is 0 Å². The van der Waals surface area contributed by atoms with Crippen LogP contribution in [0.1, 0.15) is 34.3 Å². The zero-order chi connectivity index (χ0) is 18.9. The Morgan fingerprint density at radius 2 is 1.69 bits per heavy atom. The van der Waals surface area contributed by atoms with Crippen LogP contribution in [-0.4, -0.2) is 29.0 Å². The van der Waals surface area contributed by atoms with E-state index in [1.807, 2.05) is 18.2 Å². The summed E-state index contributed by atoms with van der Waals surface area (Å²) in [6.07, 6.45) is -0.906. The van der Waals surface area contributed by atoms with Gasteiger partial charge in [0.2, 0.25) is 0 Å². The number of ether oxygens (including phenoxy) is 1. The molecule has 26 heavy (non-hydrogen) atoms. The number of nitrogens with one attached hydrogen (secondary N) is 1. The van der Waals surface area contributed by atoms with Crippen LogP contribution >= 0.6 is 0 Å². The second kappa shape index (κ2) is 9.36. The lowest BCUT2D eigenvalue weighted by atomic mass is 9.99. The third kappa shape index (κ3) is 5.73. The minimum absolute atomic E-state index is 0.0253. The number of aliphatic carboxylic acids is 1. The molecule has 6 nitrogen and oxygen atoms in total. The fraction of sp³-hybridized carbons (Fsp3) is 0.200. The van der Waals surface area contributed by atoms with E-state index in [4.69, 9.17) is 4.74 Å². The van der Waals surface area contributed by atoms with Crippen molar-refractivity contribution >= 4 is 17.8 Å². The summed E-state index contributed by atoms with van der Waals surface area (Å²) in [5.41, 5.74) is 1.82. The summed E-state index contributed by atoms with van der Waals surface area (Å²) in [5, 5.41) is 11.5. The fourth-order valence-corrected chi connectivity index (χ4v) is 2.37. The molecule has 0 aromatic heterocycles. The largest absolute Gasteiger partial charge is 0.480 e. The monoisotopic (exact) mass is 354 g/mol. The number of amides is 1. The normalized spacial score (nSPS) is 11.4. The quantitative estimate of drug-likeness (QED) is 0.710. The lowest BCUT2D eigenvalue weighted by Crippen LogP contribution is -2.41. The highest BCUT2D eigenvalue weighted by Crippen LogP contribution is 2.12. The van der Waals surface area contributed by atoms with Gasteiger partial charge < -0.3 is 15.2 Å². The van der Waals surface area contributed by atoms with Gasteiger partial charge >= 0.3 is 12.1 Å². The third-order valence-corrected chi connectivity index (χ3v) is 3.78. The molecule has 6 heteroatoms. The first kappa shape index (κ1) is 19.2. The Morgan fingerprint density at radius 1 is 1.04 bits per heavy atom. The van der Waals surface area contributed by atoms with Crippen molar-refractivity contribution in [2.45, 2.75) is 25.5 Å². The topological polar surface area (TPSA) is 92.7 Å². The van der Waals surface area contributed by atoms with Gasteiger partial charge in [-0.3, -0.25) is 4.79 Å². The van der Waals surface area contributed by atoms with Crippen molar-refractivity contribution in [1.29, 1.82) is 0 Å². The van der Waals surface area contributed by atoms with E-state index in [2.05, 4.69) is 12.2 Å². The van der Waals surface area contributed by atoms with Crippen LogP contribution in [0.5, 0.6) is 0 Å². The van der Waals surface area contributed by atoms with E-state index in [0.29, 0.717) is 11.1 Å². The van der Waals surface area contributed by atoms with Crippen molar-refractivity contribution in [3.05, 3.63) is 78.2 Å². The molecule has 2 aromatic rings. The molecular weight excluding hydrogens is 334 g/mol. The van der Waals surface area contributed by atoms with Gasteiger partial charge in [-0.25, -0.2) is 9.59 Å². The second-order valence-corrected chi connectivity index (χ2v) is 5.72. The number of ketones is 1. The maximum atomic E-state index is 12.2. The van der Waals surface area contributed by atoms with E-state index in [1.165, 1.54) is 0 Å². The van der Waals surface area contributed by atoms with Crippen LogP contribution in [0.15, 0.2) is 54.6 Å². The first-order valence-corrected chi connectivity index (χ1v) is 8.11. The molecule has 0 saturated carbocycles. The van der Waals surface area contributed by atoms with Crippen LogP contribution in [0.25, 0.3) is 0 Å². The summed E-state index contributed by atoms with van der Waals surface area (Å²) < 4.78 is 5.01. The highest BCUT2D eigenvalue weighted by atomic mass is 16.5. The molecule has 1 unspecified atom stereocenters. The number of rotatable bonds is 8. The van der Waals surface area contributed by atoms with Crippen LogP contribution in [0.3, 0.4) is 0 Å². The Bertz CT molecular complexity index is 773. The minimum Gasteiger partial charge on any atom is -0.480 e. The zero-order valence-corrected chi connectivity index (χ0v) is 14.2. The van der Waals surface area contributed by atoms with Gasteiger partial charge in [0, 0.05) is 12.0 Å². The van der Waals surface area contributed by atoms with Gasteiger partial charge in [-0.05, 0) is 24.5 Å². The molecule has 0 bridgehead atoms. The summed E-state index contributed by atoms with van der Waals surface area (Å²) in [6.45, 7) is 3.81. The van der Waals surface area contributed by atoms with Gasteiger partial charge in [0.15, 0.2) is 5.78 Å². The number of hydrogen-bond acceptors (Lipinski definition) is 4. The molecule has 1 amide bonds. The highest BCUT2D eigenvalue weighted by molar-refractivity contribution is 5.98. The van der Waals surface area contributed by atoms with Crippen molar-refractivity contribution in [3.8, 4) is 0 Å². The van der Waals surface area contributed by atoms with Gasteiger partial charge in [-0.1, -0.05) is 54.6 Å². The minimum atomic E-state index is -1.22. The first-order valence-electron chi connectivity index (χ1n) is 8.11. The van der Waals surface area contributed by atoms with Crippen LogP contribution < -0.4 is 5.32 Å². The molecule has 0 aliphatic heterocycles. The predicted molar refractivity (Wildman–Crippen MR) is 95.7 cm³/mol. The van der Waals surface area contributed by atoms with E-state index in [1.54, 1.807) is 36.4 Å². The Kier molecular flexibility index (Phi) is 6.91. The van der Waals surface area contributed by atoms with E-state index in [-0.39, 0.29) is 25.2 Å². The maximum absolute atomic E-state index is 12.2. The SMILES string of the molecule is [CH2]c1ccccc1C(=O)CCC(NC(=O)OCc1ccccc1)C(=O)O. The lowest BCUT2D eigenvalue weighted by Gasteiger charge is -2.14. The summed E-state index contributed by atoms with van der Waals surface area (Å²) in [7, 11) is 0. The van der Waals surface area contributed by atoms with E-state index < -0.39 is 18.1 Å². The van der Waals surface area contributed by atoms with Crippen LogP contribution in [0.2, 0.25) is 0 Å². The molecule has 0 spiro atoms. The van der Waals surface area contributed by atoms with Crippen LogP contribution in [0, 0.1) is 6.92 Å². The van der Waals surface area contributed by atoms with Gasteiger partial charge in [-0.15, -0.1) is 0 Å². The van der Waals surface area contributed by atoms with Crippen molar-refractivity contribution in [1.82, 2.24) is 5.32 Å². The van der Waals surface area contributed by atoms with Crippen molar-refractivity contribution in [3.63, 3.8) is 0 Å². The number of carbonyl (C=O) groups is 3. The standard InChI is InChI=1S/C20H20NO5/c1-14-7-5-6-10-16(14)18(22)12-11-17(19(23)24)21-20(25)26-13-15-8-3-2-4-9-15/h2-10,17H,1,11-13H2,(H,21,25)(H,23,24). The number of carboxylic acids is 1. The van der Waals surface area contributed by atoms with E-state index >= 15 is 0 Å². The zero-order valence-electron chi connectivity index (χ0n) is 14.2. The van der Waals surface area contributed by atoms with Gasteiger partial charge in [0.05, 0.1) is 0 Å². The molecule has 2 rings (SSSR count). The molecule has 135 valence electrons. The first-order chi connectivity index (χ1) is 12.5. The Morgan fingerprint density at radius 3 is 2.35 bits per heavy atom. The van der Waals surface area contributed by atoms with Crippen LogP contribution in [-0.2, 0) is 16.1 Å². The number of carbonyl (C=O) groups excluding carboxylic acids is 2. The number of alkyl carbamates (subject to hydrolysis) is 1. The average Bonchev–Trinajstić information content (AvgIpc) is 2.64. The Labute approximate surface area is 151 Å². The molecule has 0 aliphatic rings. The Balaban J connectivity index is 1.86. The molecule has 0 heterocycles. The Hall–Kier alpha value is -3.15. The average molecular weight is 354 g/mol. The summed E-state index contributed by atoms with van der Waals surface area (Å²) >= 11 is 0. The second-order valence-electron chi connectivity index (χ2n) is 5.72. The molecule has 2 aromatic carbocycles. The van der Waals surface area contributed by atoms with Gasteiger partial charge in [0.1, 0.15) is 12.6 Å².